The summed E-state index contributed by atoms with van der Waals surface area (Å²) in [7, 11) is 1.97. The number of imidazole rings is 1. The fourth-order valence-electron chi connectivity index (χ4n) is 2.67. The summed E-state index contributed by atoms with van der Waals surface area (Å²) >= 11 is 1.59. The van der Waals surface area contributed by atoms with Crippen LogP contribution in [-0.2, 0) is 11.8 Å². The number of rotatable bonds is 9. The minimum atomic E-state index is 0.0278. The molecule has 0 unspecified atom stereocenters. The molecule has 0 radical (unpaired) electrons. The number of nitrogens with one attached hydrogen (secondary N) is 1. The van der Waals surface area contributed by atoms with E-state index >= 15 is 0 Å². The second-order valence-corrected chi connectivity index (χ2v) is 7.66. The number of hydrogen-bond donors (Lipinski definition) is 1. The Hall–Kier alpha value is -2.73. The normalized spacial score (nSPS) is 10.6. The minimum Gasteiger partial charge on any atom is -0.494 e. The lowest BCUT2D eigenvalue weighted by molar-refractivity contribution is -0.116. The Morgan fingerprint density at radius 2 is 2.00 bits per heavy atom. The highest BCUT2D eigenvalue weighted by Gasteiger charge is 2.05. The van der Waals surface area contributed by atoms with E-state index in [4.69, 9.17) is 4.74 Å². The van der Waals surface area contributed by atoms with Gasteiger partial charge in [0.25, 0.3) is 0 Å². The van der Waals surface area contributed by atoms with Crippen LogP contribution in [0.2, 0.25) is 0 Å². The molecule has 1 amide bonds. The SMILES string of the molecule is Cc1cccc(OCCCCC(=O)Nc2ccc(Sc3nccn3C)cc2)c1. The molecule has 0 saturated heterocycles. The largest absolute Gasteiger partial charge is 0.494 e. The lowest BCUT2D eigenvalue weighted by atomic mass is 10.2. The third kappa shape index (κ3) is 6.16. The molecule has 146 valence electrons. The van der Waals surface area contributed by atoms with E-state index in [1.165, 1.54) is 5.56 Å². The highest BCUT2D eigenvalue weighted by molar-refractivity contribution is 7.99. The van der Waals surface area contributed by atoms with Gasteiger partial charge in [-0.1, -0.05) is 23.9 Å². The van der Waals surface area contributed by atoms with Gasteiger partial charge in [0.2, 0.25) is 5.91 Å². The Morgan fingerprint density at radius 1 is 1.18 bits per heavy atom. The molecule has 6 heteroatoms. The van der Waals surface area contributed by atoms with Gasteiger partial charge in [0.1, 0.15) is 5.75 Å². The molecule has 5 nitrogen and oxygen atoms in total. The maximum Gasteiger partial charge on any atom is 0.224 e. The molecule has 0 fully saturated rings. The minimum absolute atomic E-state index is 0.0278. The predicted molar refractivity (Wildman–Crippen MR) is 113 cm³/mol. The van der Waals surface area contributed by atoms with Crippen molar-refractivity contribution >= 4 is 23.4 Å². The summed E-state index contributed by atoms with van der Waals surface area (Å²) in [5, 5.41) is 3.88. The van der Waals surface area contributed by atoms with Gasteiger partial charge in [-0.2, -0.15) is 0 Å². The summed E-state index contributed by atoms with van der Waals surface area (Å²) in [4.78, 5) is 17.5. The van der Waals surface area contributed by atoms with E-state index in [0.717, 1.165) is 34.3 Å². The molecule has 1 N–H and O–H groups in total. The van der Waals surface area contributed by atoms with Crippen molar-refractivity contribution in [3.63, 3.8) is 0 Å². The Bertz CT molecular complexity index is 906. The van der Waals surface area contributed by atoms with Gasteiger partial charge in [-0.3, -0.25) is 4.79 Å². The summed E-state index contributed by atoms with van der Waals surface area (Å²) < 4.78 is 7.69. The molecular weight excluding hydrogens is 370 g/mol. The molecular formula is C22H25N3O2S. The molecule has 0 spiro atoms. The van der Waals surface area contributed by atoms with Gasteiger partial charge in [0.15, 0.2) is 5.16 Å². The Balaban J connectivity index is 1.36. The van der Waals surface area contributed by atoms with Crippen molar-refractivity contribution < 1.29 is 9.53 Å². The van der Waals surface area contributed by atoms with Gasteiger partial charge >= 0.3 is 0 Å². The topological polar surface area (TPSA) is 56.1 Å². The summed E-state index contributed by atoms with van der Waals surface area (Å²) in [6, 6.07) is 15.8. The molecule has 1 heterocycles. The molecule has 0 saturated carbocycles. The molecule has 28 heavy (non-hydrogen) atoms. The highest BCUT2D eigenvalue weighted by atomic mass is 32.2. The van der Waals surface area contributed by atoms with Gasteiger partial charge in [-0.15, -0.1) is 0 Å². The van der Waals surface area contributed by atoms with Crippen molar-refractivity contribution in [3.05, 3.63) is 66.5 Å². The first-order valence-electron chi connectivity index (χ1n) is 9.35. The number of nitrogens with zero attached hydrogens (tertiary/aromatic N) is 2. The van der Waals surface area contributed by atoms with Crippen LogP contribution < -0.4 is 10.1 Å². The lowest BCUT2D eigenvalue weighted by Crippen LogP contribution is -2.11. The Kier molecular flexibility index (Phi) is 7.14. The number of aryl methyl sites for hydroxylation is 2. The Morgan fingerprint density at radius 3 is 2.71 bits per heavy atom. The fraction of sp³-hybridized carbons (Fsp3) is 0.273. The maximum atomic E-state index is 12.1. The number of aromatic nitrogens is 2. The number of hydrogen-bond acceptors (Lipinski definition) is 4. The third-order valence-electron chi connectivity index (χ3n) is 4.18. The molecule has 3 aromatic rings. The van der Waals surface area contributed by atoms with Crippen LogP contribution in [0.3, 0.4) is 0 Å². The summed E-state index contributed by atoms with van der Waals surface area (Å²) in [5.74, 6) is 0.910. The number of carbonyl (C=O) groups is 1. The van der Waals surface area contributed by atoms with Crippen LogP contribution in [0.1, 0.15) is 24.8 Å². The molecule has 0 bridgehead atoms. The van der Waals surface area contributed by atoms with Crippen molar-refractivity contribution in [2.24, 2.45) is 7.05 Å². The third-order valence-corrected chi connectivity index (χ3v) is 5.26. The summed E-state index contributed by atoms with van der Waals surface area (Å²) in [5.41, 5.74) is 1.99. The molecule has 2 aromatic carbocycles. The van der Waals surface area contributed by atoms with Crippen LogP contribution >= 0.6 is 11.8 Å². The van der Waals surface area contributed by atoms with Gasteiger partial charge in [-0.25, -0.2) is 4.98 Å². The lowest BCUT2D eigenvalue weighted by Gasteiger charge is -2.08. The number of carbonyl (C=O) groups excluding carboxylic acids is 1. The van der Waals surface area contributed by atoms with Gasteiger partial charge in [0.05, 0.1) is 6.61 Å². The summed E-state index contributed by atoms with van der Waals surface area (Å²) in [6.45, 7) is 2.66. The van der Waals surface area contributed by atoms with E-state index in [9.17, 15) is 4.79 Å². The van der Waals surface area contributed by atoms with Crippen LogP contribution in [-0.4, -0.2) is 22.1 Å². The smallest absolute Gasteiger partial charge is 0.224 e. The van der Waals surface area contributed by atoms with Crippen LogP contribution in [0, 0.1) is 6.92 Å². The van der Waals surface area contributed by atoms with E-state index in [1.54, 1.807) is 18.0 Å². The average molecular weight is 396 g/mol. The van der Waals surface area contributed by atoms with Gasteiger partial charge in [0, 0.05) is 36.4 Å². The highest BCUT2D eigenvalue weighted by Crippen LogP contribution is 2.26. The number of amides is 1. The first-order valence-corrected chi connectivity index (χ1v) is 10.2. The van der Waals surface area contributed by atoms with Gasteiger partial charge < -0.3 is 14.6 Å². The van der Waals surface area contributed by atoms with E-state index in [1.807, 2.05) is 73.3 Å². The first-order chi connectivity index (χ1) is 13.6. The van der Waals surface area contributed by atoms with Crippen LogP contribution in [0.15, 0.2) is 71.0 Å². The van der Waals surface area contributed by atoms with Crippen molar-refractivity contribution in [1.29, 1.82) is 0 Å². The van der Waals surface area contributed by atoms with Crippen LogP contribution in [0.4, 0.5) is 5.69 Å². The zero-order chi connectivity index (χ0) is 19.8. The predicted octanol–water partition coefficient (Wildman–Crippen LogP) is 5.07. The van der Waals surface area contributed by atoms with E-state index in [2.05, 4.69) is 10.3 Å². The zero-order valence-electron chi connectivity index (χ0n) is 16.2. The number of benzene rings is 2. The molecule has 1 aromatic heterocycles. The van der Waals surface area contributed by atoms with Crippen LogP contribution in [0.5, 0.6) is 5.75 Å². The monoisotopic (exact) mass is 395 g/mol. The second kappa shape index (κ2) is 9.99. The summed E-state index contributed by atoms with van der Waals surface area (Å²) in [6.07, 6.45) is 5.83. The number of unbranched alkanes of at least 4 members (excludes halogenated alkanes) is 1. The van der Waals surface area contributed by atoms with Crippen molar-refractivity contribution in [2.45, 2.75) is 36.2 Å². The van der Waals surface area contributed by atoms with E-state index in [0.29, 0.717) is 13.0 Å². The fourth-order valence-corrected chi connectivity index (χ4v) is 3.47. The average Bonchev–Trinajstić information content (AvgIpc) is 3.08. The number of anilines is 1. The van der Waals surface area contributed by atoms with E-state index < -0.39 is 0 Å². The standard InChI is InChI=1S/C22H25N3O2S/c1-17-6-5-7-19(16-17)27-15-4-3-8-21(26)24-18-9-11-20(12-10-18)28-22-23-13-14-25(22)2/h5-7,9-14,16H,3-4,8,15H2,1-2H3,(H,24,26). The molecule has 0 aliphatic heterocycles. The molecule has 0 aliphatic carbocycles. The molecule has 3 rings (SSSR count). The van der Waals surface area contributed by atoms with E-state index in [-0.39, 0.29) is 5.91 Å². The van der Waals surface area contributed by atoms with Crippen molar-refractivity contribution in [3.8, 4) is 5.75 Å². The van der Waals surface area contributed by atoms with Crippen molar-refractivity contribution in [1.82, 2.24) is 9.55 Å². The molecule has 0 atom stereocenters. The molecule has 0 aliphatic rings. The zero-order valence-corrected chi connectivity index (χ0v) is 17.0. The van der Waals surface area contributed by atoms with Crippen molar-refractivity contribution in [2.75, 3.05) is 11.9 Å². The quantitative estimate of drug-likeness (QED) is 0.514. The Labute approximate surface area is 170 Å². The maximum absolute atomic E-state index is 12.1. The van der Waals surface area contributed by atoms with Gasteiger partial charge in [-0.05, 0) is 61.7 Å². The second-order valence-electron chi connectivity index (χ2n) is 6.62. The number of ether oxygens (including phenoxy) is 1. The van der Waals surface area contributed by atoms with Crippen LogP contribution in [0.25, 0.3) is 0 Å². The first kappa shape index (κ1) is 20.0.